The lowest BCUT2D eigenvalue weighted by molar-refractivity contribution is -0.135. The van der Waals surface area contributed by atoms with E-state index in [2.05, 4.69) is 16.7 Å². The van der Waals surface area contributed by atoms with Gasteiger partial charge < -0.3 is 20.4 Å². The van der Waals surface area contributed by atoms with Crippen LogP contribution in [0.15, 0.2) is 36.4 Å². The van der Waals surface area contributed by atoms with Gasteiger partial charge in [-0.2, -0.15) is 0 Å². The van der Waals surface area contributed by atoms with E-state index in [1.54, 1.807) is 6.07 Å². The number of fused-ring (bicyclic) bond motifs is 2. The summed E-state index contributed by atoms with van der Waals surface area (Å²) in [6.45, 7) is 6.70. The van der Waals surface area contributed by atoms with Gasteiger partial charge in [0.25, 0.3) is 5.91 Å². The first kappa shape index (κ1) is 24.6. The number of carbonyl (C=O) groups excluding carboxylic acids is 2. The zero-order chi connectivity index (χ0) is 24.7. The molecule has 2 bridgehead atoms. The molecule has 0 spiro atoms. The number of amides is 2. The third-order valence-electron chi connectivity index (χ3n) is 7.66. The van der Waals surface area contributed by atoms with Gasteiger partial charge in [-0.25, -0.2) is 0 Å². The fraction of sp³-hybridized carbons (Fsp3) is 0.481. The topological polar surface area (TPSA) is 64.7 Å². The number of benzene rings is 2. The highest BCUT2D eigenvalue weighted by atomic mass is 35.5. The van der Waals surface area contributed by atoms with Crippen molar-refractivity contribution in [3.05, 3.63) is 68.7 Å². The van der Waals surface area contributed by atoms with Crippen molar-refractivity contribution < 1.29 is 9.59 Å². The van der Waals surface area contributed by atoms with Crippen LogP contribution >= 0.6 is 23.2 Å². The summed E-state index contributed by atoms with van der Waals surface area (Å²) in [4.78, 5) is 30.6. The maximum absolute atomic E-state index is 13.4. The lowest BCUT2D eigenvalue weighted by Gasteiger charge is -2.42. The summed E-state index contributed by atoms with van der Waals surface area (Å²) in [6.07, 6.45) is 2.27. The van der Waals surface area contributed by atoms with Gasteiger partial charge in [0.15, 0.2) is 0 Å². The van der Waals surface area contributed by atoms with Gasteiger partial charge >= 0.3 is 0 Å². The maximum Gasteiger partial charge on any atom is 0.254 e. The molecule has 8 heteroatoms. The fourth-order valence-electron chi connectivity index (χ4n) is 5.96. The van der Waals surface area contributed by atoms with Crippen molar-refractivity contribution in [1.82, 2.24) is 20.4 Å². The predicted octanol–water partition coefficient (Wildman–Crippen LogP) is 3.98. The van der Waals surface area contributed by atoms with Gasteiger partial charge in [0, 0.05) is 37.3 Å². The summed E-state index contributed by atoms with van der Waals surface area (Å²) < 4.78 is 0. The highest BCUT2D eigenvalue weighted by Crippen LogP contribution is 2.33. The fourth-order valence-corrected chi connectivity index (χ4v) is 6.26. The third kappa shape index (κ3) is 5.21. The molecule has 2 aliphatic heterocycles. The quantitative estimate of drug-likeness (QED) is 0.633. The van der Waals surface area contributed by atoms with E-state index in [0.29, 0.717) is 59.8 Å². The minimum atomic E-state index is -0.288. The highest BCUT2D eigenvalue weighted by molar-refractivity contribution is 6.42. The first-order chi connectivity index (χ1) is 16.8. The van der Waals surface area contributed by atoms with Crippen LogP contribution in [0.4, 0.5) is 0 Å². The normalized spacial score (nSPS) is 25.8. The van der Waals surface area contributed by atoms with Crippen LogP contribution in [0.1, 0.15) is 45.9 Å². The predicted molar refractivity (Wildman–Crippen MR) is 139 cm³/mol. The second kappa shape index (κ2) is 10.1. The zero-order valence-electron chi connectivity index (χ0n) is 20.2. The van der Waals surface area contributed by atoms with E-state index in [1.807, 2.05) is 47.9 Å². The number of rotatable bonds is 5. The van der Waals surface area contributed by atoms with Gasteiger partial charge in [-0.1, -0.05) is 46.5 Å². The van der Waals surface area contributed by atoms with Crippen molar-refractivity contribution >= 4 is 35.0 Å². The Morgan fingerprint density at radius 2 is 1.80 bits per heavy atom. The molecule has 3 unspecified atom stereocenters. The summed E-state index contributed by atoms with van der Waals surface area (Å²) in [6, 6.07) is 12.1. The van der Waals surface area contributed by atoms with Gasteiger partial charge in [-0.05, 0) is 69.0 Å². The molecule has 1 aliphatic carbocycles. The van der Waals surface area contributed by atoms with Crippen molar-refractivity contribution in [2.24, 2.45) is 5.92 Å². The molecule has 3 fully saturated rings. The second-order valence-corrected chi connectivity index (χ2v) is 11.0. The molecule has 6 nitrogen and oxygen atoms in total. The molecule has 2 aromatic carbocycles. The standard InChI is InChI=1S/C27H32Cl2N4O2/c1-16-7-17(2)9-19(8-16)27(35)32-5-6-33(25(15-32)18-3-4-22(28)23(29)11-18)26(34)14-31-24-12-21-10-20(24)13-30-21/h3-4,7-9,11,20-21,24-25,30-31H,5-6,10,12-15H2,1-2H3/t20?,21?,24?,25-/m0/s1. The summed E-state index contributed by atoms with van der Waals surface area (Å²) in [5.41, 5.74) is 3.69. The number of nitrogens with one attached hydrogen (secondary N) is 2. The zero-order valence-corrected chi connectivity index (χ0v) is 21.7. The molecule has 3 aliphatic rings. The molecular weight excluding hydrogens is 483 g/mol. The number of piperidine rings is 1. The molecular formula is C27H32Cl2N4O2. The molecule has 35 heavy (non-hydrogen) atoms. The van der Waals surface area contributed by atoms with Gasteiger partial charge in [0.2, 0.25) is 5.91 Å². The van der Waals surface area contributed by atoms with E-state index in [1.165, 1.54) is 6.42 Å². The van der Waals surface area contributed by atoms with Gasteiger partial charge in [0.1, 0.15) is 0 Å². The molecule has 4 atom stereocenters. The first-order valence-corrected chi connectivity index (χ1v) is 13.1. The average Bonchev–Trinajstić information content (AvgIpc) is 3.46. The van der Waals surface area contributed by atoms with E-state index in [0.717, 1.165) is 29.7 Å². The highest BCUT2D eigenvalue weighted by Gasteiger charge is 2.40. The number of carbonyl (C=O) groups is 2. The molecule has 2 amide bonds. The molecule has 2 aromatic rings. The molecule has 186 valence electrons. The summed E-state index contributed by atoms with van der Waals surface area (Å²) in [5.74, 6) is 0.641. The average molecular weight is 515 g/mol. The van der Waals surface area contributed by atoms with Crippen molar-refractivity contribution in [1.29, 1.82) is 0 Å². The van der Waals surface area contributed by atoms with E-state index >= 15 is 0 Å². The Balaban J connectivity index is 1.34. The monoisotopic (exact) mass is 514 g/mol. The van der Waals surface area contributed by atoms with Crippen LogP contribution in [0, 0.1) is 19.8 Å². The molecule has 2 saturated heterocycles. The summed E-state index contributed by atoms with van der Waals surface area (Å²) >= 11 is 12.5. The Labute approximate surface area is 216 Å². The molecule has 0 aromatic heterocycles. The van der Waals surface area contributed by atoms with Gasteiger partial charge in [0.05, 0.1) is 22.6 Å². The van der Waals surface area contributed by atoms with E-state index in [9.17, 15) is 9.59 Å². The van der Waals surface area contributed by atoms with Crippen LogP contribution in [0.3, 0.4) is 0 Å². The number of hydrogen-bond donors (Lipinski definition) is 2. The number of piperazine rings is 1. The van der Waals surface area contributed by atoms with Crippen LogP contribution < -0.4 is 10.6 Å². The lowest BCUT2D eigenvalue weighted by atomic mass is 10.00. The smallest absolute Gasteiger partial charge is 0.254 e. The Kier molecular flexibility index (Phi) is 7.09. The Morgan fingerprint density at radius 1 is 1.03 bits per heavy atom. The van der Waals surface area contributed by atoms with Crippen LogP contribution in [-0.2, 0) is 4.79 Å². The van der Waals surface area contributed by atoms with Crippen LogP contribution in [0.25, 0.3) is 0 Å². The number of aryl methyl sites for hydroxylation is 2. The largest absolute Gasteiger partial charge is 0.334 e. The molecule has 5 rings (SSSR count). The van der Waals surface area contributed by atoms with Crippen molar-refractivity contribution in [3.63, 3.8) is 0 Å². The van der Waals surface area contributed by atoms with Crippen LogP contribution in [-0.4, -0.2) is 66.4 Å². The molecule has 2 N–H and O–H groups in total. The second-order valence-electron chi connectivity index (χ2n) is 10.2. The molecule has 2 heterocycles. The van der Waals surface area contributed by atoms with E-state index in [-0.39, 0.29) is 17.9 Å². The van der Waals surface area contributed by atoms with Crippen molar-refractivity contribution in [2.45, 2.75) is 44.8 Å². The number of nitrogens with zero attached hydrogens (tertiary/aromatic N) is 2. The molecule has 1 saturated carbocycles. The maximum atomic E-state index is 13.4. The van der Waals surface area contributed by atoms with Gasteiger partial charge in [-0.3, -0.25) is 9.59 Å². The Hall–Kier alpha value is -2.12. The summed E-state index contributed by atoms with van der Waals surface area (Å²) in [5, 5.41) is 7.95. The first-order valence-electron chi connectivity index (χ1n) is 12.4. The Morgan fingerprint density at radius 3 is 2.46 bits per heavy atom. The number of hydrogen-bond acceptors (Lipinski definition) is 4. The summed E-state index contributed by atoms with van der Waals surface area (Å²) in [7, 11) is 0. The minimum absolute atomic E-state index is 0.0124. The van der Waals surface area contributed by atoms with E-state index in [4.69, 9.17) is 23.2 Å². The van der Waals surface area contributed by atoms with Crippen molar-refractivity contribution in [3.8, 4) is 0 Å². The lowest BCUT2D eigenvalue weighted by Crippen LogP contribution is -2.55. The van der Waals surface area contributed by atoms with E-state index < -0.39 is 0 Å². The van der Waals surface area contributed by atoms with Gasteiger partial charge in [-0.15, -0.1) is 0 Å². The minimum Gasteiger partial charge on any atom is -0.334 e. The van der Waals surface area contributed by atoms with Crippen LogP contribution in [0.5, 0.6) is 0 Å². The van der Waals surface area contributed by atoms with Crippen LogP contribution in [0.2, 0.25) is 10.0 Å². The van der Waals surface area contributed by atoms with Crippen molar-refractivity contribution in [2.75, 3.05) is 32.7 Å². The molecule has 0 radical (unpaired) electrons. The SMILES string of the molecule is Cc1cc(C)cc(C(=O)N2CCN(C(=O)CNC3CC4CC3CN4)[C@H](c3ccc(Cl)c(Cl)c3)C2)c1. The number of halogens is 2. The Bertz CT molecular complexity index is 1120. The third-order valence-corrected chi connectivity index (χ3v) is 8.40.